The van der Waals surface area contributed by atoms with Crippen molar-refractivity contribution in [2.45, 2.75) is 41.5 Å². The fraction of sp³-hybridized carbons (Fsp3) is 0.316. The van der Waals surface area contributed by atoms with Gasteiger partial charge in [-0.3, -0.25) is 0 Å². The van der Waals surface area contributed by atoms with Crippen molar-refractivity contribution in [3.63, 3.8) is 0 Å². The molecule has 1 nitrogen and oxygen atoms in total. The topological polar surface area (TPSA) is 12.0 Å². The summed E-state index contributed by atoms with van der Waals surface area (Å²) in [6.07, 6.45) is 0. The first-order valence-corrected chi connectivity index (χ1v) is 9.35. The normalized spacial score (nSPS) is 11.1. The summed E-state index contributed by atoms with van der Waals surface area (Å²) >= 11 is 0.0338. The SMILES string of the molecule is Cc1cc(C)c(NC=[As]c2c(C)cc(C)cc2C)c(C)c1. The van der Waals surface area contributed by atoms with E-state index in [-0.39, 0.29) is 15.3 Å². The molecule has 0 radical (unpaired) electrons. The van der Waals surface area contributed by atoms with Gasteiger partial charge in [0.15, 0.2) is 0 Å². The third-order valence-corrected chi connectivity index (χ3v) is 6.28. The Morgan fingerprint density at radius 3 is 1.62 bits per heavy atom. The van der Waals surface area contributed by atoms with Crippen LogP contribution in [0.4, 0.5) is 5.69 Å². The van der Waals surface area contributed by atoms with Crippen molar-refractivity contribution in [1.29, 1.82) is 0 Å². The molecule has 0 aliphatic heterocycles. The van der Waals surface area contributed by atoms with Crippen molar-refractivity contribution in [2.24, 2.45) is 0 Å². The zero-order valence-corrected chi connectivity index (χ0v) is 15.7. The molecule has 21 heavy (non-hydrogen) atoms. The van der Waals surface area contributed by atoms with Crippen LogP contribution in [0.15, 0.2) is 24.3 Å². The standard InChI is InChI=1S/C19H24AsN/c1-12-7-14(3)18(15(4)8-12)20-11-21-19-16(5)9-13(2)10-17(19)6/h7-11,21H,1-6H3. The second kappa shape index (κ2) is 6.62. The first-order chi connectivity index (χ1) is 9.88. The number of hydrogen-bond donors (Lipinski definition) is 1. The van der Waals surface area contributed by atoms with E-state index in [1.807, 2.05) is 0 Å². The molecule has 0 unspecified atom stereocenters. The van der Waals surface area contributed by atoms with Gasteiger partial charge in [0.05, 0.1) is 0 Å². The molecule has 2 heteroatoms. The molecule has 0 spiro atoms. The summed E-state index contributed by atoms with van der Waals surface area (Å²) in [6.45, 7) is 13.1. The van der Waals surface area contributed by atoms with Crippen molar-refractivity contribution in [2.75, 3.05) is 5.32 Å². The summed E-state index contributed by atoms with van der Waals surface area (Å²) in [5.41, 5.74) is 9.43. The molecule has 2 aromatic rings. The van der Waals surface area contributed by atoms with Crippen LogP contribution >= 0.6 is 0 Å². The monoisotopic (exact) mass is 341 g/mol. The summed E-state index contributed by atoms with van der Waals surface area (Å²) in [5.74, 6) is 0. The quantitative estimate of drug-likeness (QED) is 0.839. The van der Waals surface area contributed by atoms with Crippen molar-refractivity contribution in [1.82, 2.24) is 0 Å². The van der Waals surface area contributed by atoms with Gasteiger partial charge in [-0.2, -0.15) is 0 Å². The minimum absolute atomic E-state index is 0.0338. The molecule has 0 aromatic heterocycles. The maximum absolute atomic E-state index is 3.54. The van der Waals surface area contributed by atoms with Gasteiger partial charge in [0.25, 0.3) is 0 Å². The van der Waals surface area contributed by atoms with E-state index in [2.05, 4.69) is 76.1 Å². The van der Waals surface area contributed by atoms with Gasteiger partial charge in [-0.05, 0) is 0 Å². The Morgan fingerprint density at radius 2 is 1.14 bits per heavy atom. The molecular formula is C19H24AsN. The third-order valence-electron chi connectivity index (χ3n) is 3.71. The number of hydrogen-bond acceptors (Lipinski definition) is 1. The van der Waals surface area contributed by atoms with E-state index in [0.29, 0.717) is 0 Å². The van der Waals surface area contributed by atoms with Gasteiger partial charge in [-0.25, -0.2) is 0 Å². The second-order valence-corrected chi connectivity index (χ2v) is 7.95. The number of aryl methyl sites for hydroxylation is 6. The molecule has 1 N–H and O–H groups in total. The van der Waals surface area contributed by atoms with Gasteiger partial charge in [0.2, 0.25) is 0 Å². The third kappa shape index (κ3) is 3.86. The molecule has 0 saturated carbocycles. The second-order valence-electron chi connectivity index (χ2n) is 5.92. The van der Waals surface area contributed by atoms with E-state index in [4.69, 9.17) is 0 Å². The average Bonchev–Trinajstić information content (AvgIpc) is 2.34. The number of nitrogens with one attached hydrogen (secondary N) is 1. The van der Waals surface area contributed by atoms with Crippen LogP contribution in [0.2, 0.25) is 0 Å². The van der Waals surface area contributed by atoms with Crippen LogP contribution in [-0.2, 0) is 0 Å². The summed E-state index contributed by atoms with van der Waals surface area (Å²) in [5, 5.41) is 3.54. The van der Waals surface area contributed by atoms with E-state index < -0.39 is 0 Å². The summed E-state index contributed by atoms with van der Waals surface area (Å²) in [6, 6.07) is 9.05. The Kier molecular flexibility index (Phi) is 5.06. The first kappa shape index (κ1) is 16.0. The molecule has 0 fully saturated rings. The Bertz CT molecular complexity index is 653. The summed E-state index contributed by atoms with van der Waals surface area (Å²) in [7, 11) is 0. The van der Waals surface area contributed by atoms with Crippen LogP contribution in [0.1, 0.15) is 33.4 Å². The van der Waals surface area contributed by atoms with Crippen molar-refractivity contribution >= 4 is 30.3 Å². The van der Waals surface area contributed by atoms with Crippen LogP contribution in [-0.4, -0.2) is 20.2 Å². The molecule has 0 heterocycles. The van der Waals surface area contributed by atoms with Gasteiger partial charge in [-0.1, -0.05) is 0 Å². The summed E-state index contributed by atoms with van der Waals surface area (Å²) in [4.78, 5) is 2.27. The number of benzene rings is 2. The molecule has 0 aliphatic carbocycles. The van der Waals surface area contributed by atoms with Crippen LogP contribution in [0, 0.1) is 41.5 Å². The Morgan fingerprint density at radius 1 is 0.714 bits per heavy atom. The van der Waals surface area contributed by atoms with Crippen molar-refractivity contribution in [3.8, 4) is 0 Å². The Balaban J connectivity index is 2.25. The first-order valence-electron chi connectivity index (χ1n) is 7.33. The van der Waals surface area contributed by atoms with Crippen LogP contribution in [0.3, 0.4) is 0 Å². The Labute approximate surface area is 135 Å². The number of rotatable bonds is 3. The molecular weight excluding hydrogens is 317 g/mol. The molecule has 2 rings (SSSR count). The average molecular weight is 341 g/mol. The number of anilines is 1. The summed E-state index contributed by atoms with van der Waals surface area (Å²) < 4.78 is 1.52. The molecule has 110 valence electrons. The van der Waals surface area contributed by atoms with E-state index >= 15 is 0 Å². The van der Waals surface area contributed by atoms with E-state index in [0.717, 1.165) is 0 Å². The van der Waals surface area contributed by atoms with Crippen molar-refractivity contribution < 1.29 is 0 Å². The molecule has 0 bridgehead atoms. The van der Waals surface area contributed by atoms with E-state index in [1.54, 1.807) is 0 Å². The minimum atomic E-state index is 0.0338. The fourth-order valence-electron chi connectivity index (χ4n) is 2.95. The predicted octanol–water partition coefficient (Wildman–Crippen LogP) is 3.74. The van der Waals surface area contributed by atoms with Crippen LogP contribution in [0.5, 0.6) is 0 Å². The van der Waals surface area contributed by atoms with Crippen LogP contribution < -0.4 is 9.67 Å². The fourth-order valence-corrected chi connectivity index (χ4v) is 4.75. The zero-order chi connectivity index (χ0) is 15.6. The molecule has 0 amide bonds. The molecule has 0 aliphatic rings. The van der Waals surface area contributed by atoms with Gasteiger partial charge >= 0.3 is 135 Å². The molecule has 0 atom stereocenters. The Hall–Kier alpha value is -1.33. The van der Waals surface area contributed by atoms with Gasteiger partial charge in [0, 0.05) is 0 Å². The van der Waals surface area contributed by atoms with Crippen LogP contribution in [0.25, 0.3) is 0 Å². The predicted molar refractivity (Wildman–Crippen MR) is 96.4 cm³/mol. The van der Waals surface area contributed by atoms with E-state index in [9.17, 15) is 0 Å². The molecule has 2 aromatic carbocycles. The zero-order valence-electron chi connectivity index (χ0n) is 13.8. The maximum atomic E-state index is 3.54. The van der Waals surface area contributed by atoms with Gasteiger partial charge < -0.3 is 0 Å². The van der Waals surface area contributed by atoms with Gasteiger partial charge in [-0.15, -0.1) is 0 Å². The van der Waals surface area contributed by atoms with Gasteiger partial charge in [0.1, 0.15) is 0 Å². The van der Waals surface area contributed by atoms with E-state index in [1.165, 1.54) is 43.4 Å². The van der Waals surface area contributed by atoms with Crippen molar-refractivity contribution in [3.05, 3.63) is 57.6 Å². The molecule has 0 saturated heterocycles.